The highest BCUT2D eigenvalue weighted by molar-refractivity contribution is 7.80. The number of aromatic nitrogens is 2. The molecule has 7 heteroatoms. The second-order valence-corrected chi connectivity index (χ2v) is 7.08. The summed E-state index contributed by atoms with van der Waals surface area (Å²) < 4.78 is 1.91. The Morgan fingerprint density at radius 2 is 1.65 bits per heavy atom. The fourth-order valence-electron chi connectivity index (χ4n) is 2.65. The summed E-state index contributed by atoms with van der Waals surface area (Å²) in [7, 11) is 0. The number of benzene rings is 2. The third-order valence-corrected chi connectivity index (χ3v) is 4.92. The zero-order chi connectivity index (χ0) is 18.7. The van der Waals surface area contributed by atoms with Crippen molar-refractivity contribution in [1.29, 1.82) is 0 Å². The molecule has 0 amide bonds. The zero-order valence-electron chi connectivity index (χ0n) is 14.4. The van der Waals surface area contributed by atoms with Gasteiger partial charge in [-0.1, -0.05) is 53.5 Å². The summed E-state index contributed by atoms with van der Waals surface area (Å²) in [5.74, 6) is 0. The van der Waals surface area contributed by atoms with Crippen molar-refractivity contribution in [2.24, 2.45) is 0 Å². The monoisotopic (exact) mass is 404 g/mol. The van der Waals surface area contributed by atoms with Crippen LogP contribution in [0.15, 0.2) is 48.5 Å². The molecule has 0 unspecified atom stereocenters. The SMILES string of the molecule is Cc1nn(Cc2ccccc2Cl)c(C)c1NC(=S)Nc1ccccc1Cl. The molecule has 0 saturated heterocycles. The highest BCUT2D eigenvalue weighted by Gasteiger charge is 2.14. The maximum absolute atomic E-state index is 6.26. The van der Waals surface area contributed by atoms with Crippen molar-refractivity contribution in [3.05, 3.63) is 75.5 Å². The average Bonchev–Trinajstić information content (AvgIpc) is 2.86. The molecular weight excluding hydrogens is 387 g/mol. The summed E-state index contributed by atoms with van der Waals surface area (Å²) in [4.78, 5) is 0. The van der Waals surface area contributed by atoms with Gasteiger partial charge in [0, 0.05) is 5.02 Å². The second-order valence-electron chi connectivity index (χ2n) is 5.85. The lowest BCUT2D eigenvalue weighted by molar-refractivity contribution is 0.659. The van der Waals surface area contributed by atoms with Crippen molar-refractivity contribution in [2.45, 2.75) is 20.4 Å². The first-order valence-corrected chi connectivity index (χ1v) is 9.22. The molecule has 0 spiro atoms. The Hall–Kier alpha value is -2.08. The van der Waals surface area contributed by atoms with E-state index in [-0.39, 0.29) is 0 Å². The van der Waals surface area contributed by atoms with Gasteiger partial charge in [-0.05, 0) is 49.8 Å². The van der Waals surface area contributed by atoms with Crippen molar-refractivity contribution in [1.82, 2.24) is 9.78 Å². The van der Waals surface area contributed by atoms with Gasteiger partial charge in [0.15, 0.2) is 5.11 Å². The van der Waals surface area contributed by atoms with E-state index >= 15 is 0 Å². The summed E-state index contributed by atoms with van der Waals surface area (Å²) in [6, 6.07) is 15.2. The second kappa shape index (κ2) is 8.08. The lowest BCUT2D eigenvalue weighted by atomic mass is 10.2. The van der Waals surface area contributed by atoms with Gasteiger partial charge in [-0.3, -0.25) is 4.68 Å². The molecule has 2 N–H and O–H groups in total. The molecule has 0 aliphatic rings. The van der Waals surface area contributed by atoms with E-state index in [1.165, 1.54) is 0 Å². The molecule has 0 aliphatic carbocycles. The van der Waals surface area contributed by atoms with Crippen LogP contribution in [0.3, 0.4) is 0 Å². The first kappa shape index (κ1) is 18.7. The number of para-hydroxylation sites is 1. The van der Waals surface area contributed by atoms with Crippen LogP contribution in [0.2, 0.25) is 10.0 Å². The van der Waals surface area contributed by atoms with Gasteiger partial charge >= 0.3 is 0 Å². The van der Waals surface area contributed by atoms with Crippen molar-refractivity contribution >= 4 is 51.9 Å². The number of aryl methyl sites for hydroxylation is 1. The van der Waals surface area contributed by atoms with Crippen molar-refractivity contribution in [2.75, 3.05) is 10.6 Å². The predicted octanol–water partition coefficient (Wildman–Crippen LogP) is 5.66. The zero-order valence-corrected chi connectivity index (χ0v) is 16.7. The Bertz CT molecular complexity index is 952. The number of rotatable bonds is 4. The number of hydrogen-bond donors (Lipinski definition) is 2. The summed E-state index contributed by atoms with van der Waals surface area (Å²) in [6.45, 7) is 4.53. The van der Waals surface area contributed by atoms with Crippen LogP contribution >= 0.6 is 35.4 Å². The number of halogens is 2. The van der Waals surface area contributed by atoms with Crippen LogP contribution in [-0.4, -0.2) is 14.9 Å². The molecular formula is C19H18Cl2N4S. The van der Waals surface area contributed by atoms with E-state index in [0.717, 1.165) is 33.3 Å². The normalized spacial score (nSPS) is 10.6. The van der Waals surface area contributed by atoms with E-state index in [2.05, 4.69) is 15.7 Å². The third-order valence-electron chi connectivity index (χ3n) is 4.02. The van der Waals surface area contributed by atoms with E-state index in [4.69, 9.17) is 35.4 Å². The van der Waals surface area contributed by atoms with Crippen LogP contribution in [0.5, 0.6) is 0 Å². The van der Waals surface area contributed by atoms with Gasteiger partial charge in [-0.2, -0.15) is 5.10 Å². The van der Waals surface area contributed by atoms with Gasteiger partial charge in [-0.15, -0.1) is 0 Å². The van der Waals surface area contributed by atoms with E-state index in [9.17, 15) is 0 Å². The van der Waals surface area contributed by atoms with Gasteiger partial charge in [0.25, 0.3) is 0 Å². The largest absolute Gasteiger partial charge is 0.331 e. The maximum Gasteiger partial charge on any atom is 0.175 e. The van der Waals surface area contributed by atoms with Crippen LogP contribution in [0.25, 0.3) is 0 Å². The lowest BCUT2D eigenvalue weighted by Crippen LogP contribution is -2.20. The van der Waals surface area contributed by atoms with Gasteiger partial charge in [0.05, 0.1) is 34.3 Å². The number of nitrogens with one attached hydrogen (secondary N) is 2. The van der Waals surface area contributed by atoms with Crippen LogP contribution in [0.1, 0.15) is 17.0 Å². The summed E-state index contributed by atoms with van der Waals surface area (Å²) in [5, 5.41) is 12.7. The van der Waals surface area contributed by atoms with Gasteiger partial charge in [0.1, 0.15) is 0 Å². The molecule has 0 saturated carbocycles. The molecule has 0 fully saturated rings. The molecule has 3 rings (SSSR count). The van der Waals surface area contributed by atoms with Crippen molar-refractivity contribution in [3.63, 3.8) is 0 Å². The first-order valence-electron chi connectivity index (χ1n) is 8.05. The van der Waals surface area contributed by atoms with Gasteiger partial charge in [0.2, 0.25) is 0 Å². The fourth-order valence-corrected chi connectivity index (χ4v) is 3.24. The number of nitrogens with zero attached hydrogens (tertiary/aromatic N) is 2. The number of thiocarbonyl (C=S) groups is 1. The molecule has 0 bridgehead atoms. The minimum atomic E-state index is 0.460. The highest BCUT2D eigenvalue weighted by Crippen LogP contribution is 2.24. The summed E-state index contributed by atoms with van der Waals surface area (Å²) in [6.07, 6.45) is 0. The smallest absolute Gasteiger partial charge is 0.175 e. The standard InChI is InChI=1S/C19H18Cl2N4S/c1-12-18(23-19(26)22-17-10-6-5-9-16(17)21)13(2)25(24-12)11-14-7-3-4-8-15(14)20/h3-10H,11H2,1-2H3,(H2,22,23,26). The number of anilines is 2. The highest BCUT2D eigenvalue weighted by atomic mass is 35.5. The fraction of sp³-hybridized carbons (Fsp3) is 0.158. The summed E-state index contributed by atoms with van der Waals surface area (Å²) in [5.41, 5.74) is 4.48. The van der Waals surface area contributed by atoms with Crippen molar-refractivity contribution < 1.29 is 0 Å². The summed E-state index contributed by atoms with van der Waals surface area (Å²) >= 11 is 17.8. The Morgan fingerprint density at radius 3 is 2.35 bits per heavy atom. The minimum Gasteiger partial charge on any atom is -0.331 e. The van der Waals surface area contributed by atoms with Crippen LogP contribution in [0.4, 0.5) is 11.4 Å². The Kier molecular flexibility index (Phi) is 5.81. The van der Waals surface area contributed by atoms with Crippen molar-refractivity contribution in [3.8, 4) is 0 Å². The maximum atomic E-state index is 6.26. The topological polar surface area (TPSA) is 41.9 Å². The quantitative estimate of drug-likeness (QED) is 0.550. The van der Waals surface area contributed by atoms with Gasteiger partial charge < -0.3 is 10.6 Å². The first-order chi connectivity index (χ1) is 12.5. The Labute approximate surface area is 168 Å². The molecule has 3 aromatic rings. The molecule has 26 heavy (non-hydrogen) atoms. The molecule has 1 aromatic heterocycles. The van der Waals surface area contributed by atoms with E-state index in [0.29, 0.717) is 16.7 Å². The molecule has 0 radical (unpaired) electrons. The Balaban J connectivity index is 1.77. The predicted molar refractivity (Wildman–Crippen MR) is 114 cm³/mol. The van der Waals surface area contributed by atoms with E-state index < -0.39 is 0 Å². The lowest BCUT2D eigenvalue weighted by Gasteiger charge is -2.12. The molecule has 1 heterocycles. The van der Waals surface area contributed by atoms with Gasteiger partial charge in [-0.25, -0.2) is 0 Å². The van der Waals surface area contributed by atoms with Crippen LogP contribution < -0.4 is 10.6 Å². The third kappa shape index (κ3) is 4.18. The molecule has 0 aliphatic heterocycles. The van der Waals surface area contributed by atoms with E-state index in [1.807, 2.05) is 67.1 Å². The van der Waals surface area contributed by atoms with Crippen LogP contribution in [0, 0.1) is 13.8 Å². The van der Waals surface area contributed by atoms with Crippen LogP contribution in [-0.2, 0) is 6.54 Å². The molecule has 134 valence electrons. The van der Waals surface area contributed by atoms with E-state index in [1.54, 1.807) is 0 Å². The molecule has 0 atom stereocenters. The Morgan fingerprint density at radius 1 is 1.00 bits per heavy atom. The minimum absolute atomic E-state index is 0.460. The number of hydrogen-bond acceptors (Lipinski definition) is 2. The average molecular weight is 405 g/mol. The molecule has 4 nitrogen and oxygen atoms in total. The molecule has 2 aromatic carbocycles.